The van der Waals surface area contributed by atoms with Gasteiger partial charge < -0.3 is 19.9 Å². The topological polar surface area (TPSA) is 63.6 Å². The summed E-state index contributed by atoms with van der Waals surface area (Å²) in [5, 5.41) is 13.8. The van der Waals surface area contributed by atoms with Crippen LogP contribution in [-0.4, -0.2) is 30.9 Å². The molecule has 0 aliphatic heterocycles. The number of aliphatic hydroxyl groups is 1. The van der Waals surface area contributed by atoms with Crippen LogP contribution < -0.4 is 14.8 Å². The lowest BCUT2D eigenvalue weighted by molar-refractivity contribution is 0.190. The van der Waals surface area contributed by atoms with Gasteiger partial charge in [-0.05, 0) is 29.8 Å². The van der Waals surface area contributed by atoms with Gasteiger partial charge in [0.15, 0.2) is 5.82 Å². The summed E-state index contributed by atoms with van der Waals surface area (Å²) in [6.07, 6.45) is 0.535. The van der Waals surface area contributed by atoms with E-state index in [1.807, 2.05) is 0 Å². The lowest BCUT2D eigenvalue weighted by Crippen LogP contribution is -2.13. The number of aliphatic hydroxyl groups excluding tert-OH is 1. The fourth-order valence-corrected chi connectivity index (χ4v) is 2.68. The number of halogens is 2. The highest BCUT2D eigenvalue weighted by Gasteiger charge is 2.13. The summed E-state index contributed by atoms with van der Waals surface area (Å²) in [7, 11) is 3.05. The highest BCUT2D eigenvalue weighted by atomic mass is 19.1. The average Bonchev–Trinajstić information content (AvgIpc) is 2.65. The molecule has 1 unspecified atom stereocenters. The number of fused-ring (bicyclic) bond motifs is 1. The number of ether oxygens (including phenoxy) is 2. The van der Waals surface area contributed by atoms with Crippen LogP contribution in [0.4, 0.5) is 14.5 Å². The molecule has 0 aliphatic rings. The van der Waals surface area contributed by atoms with E-state index in [0.717, 1.165) is 6.07 Å². The summed E-state index contributed by atoms with van der Waals surface area (Å²) in [6.45, 7) is 0.119. The van der Waals surface area contributed by atoms with Crippen LogP contribution in [0.15, 0.2) is 42.6 Å². The van der Waals surface area contributed by atoms with Crippen molar-refractivity contribution in [1.29, 1.82) is 0 Å². The Morgan fingerprint density at radius 2 is 1.77 bits per heavy atom. The lowest BCUT2D eigenvalue weighted by Gasteiger charge is -2.16. The molecule has 1 aromatic heterocycles. The van der Waals surface area contributed by atoms with Crippen LogP contribution in [0.2, 0.25) is 0 Å². The molecular weight excluding hydrogens is 342 g/mol. The van der Waals surface area contributed by atoms with Crippen molar-refractivity contribution in [3.8, 4) is 11.5 Å². The Labute approximate surface area is 149 Å². The number of benzene rings is 2. The van der Waals surface area contributed by atoms with Gasteiger partial charge in [-0.15, -0.1) is 0 Å². The largest absolute Gasteiger partial charge is 0.497 e. The zero-order chi connectivity index (χ0) is 18.7. The molecule has 0 aliphatic carbocycles. The molecule has 2 N–H and O–H groups in total. The van der Waals surface area contributed by atoms with Crippen LogP contribution >= 0.6 is 0 Å². The predicted molar refractivity (Wildman–Crippen MR) is 94.7 cm³/mol. The molecule has 3 aromatic rings. The second-order valence-corrected chi connectivity index (χ2v) is 5.68. The fraction of sp³-hybridized carbons (Fsp3) is 0.211. The van der Waals surface area contributed by atoms with Gasteiger partial charge in [-0.25, -0.2) is 8.78 Å². The molecule has 0 saturated carbocycles. The monoisotopic (exact) mass is 360 g/mol. The van der Waals surface area contributed by atoms with E-state index in [-0.39, 0.29) is 12.1 Å². The Bertz CT molecular complexity index is 912. The molecule has 5 nitrogen and oxygen atoms in total. The van der Waals surface area contributed by atoms with Gasteiger partial charge in [-0.1, -0.05) is 0 Å². The molecule has 0 bridgehead atoms. The Kier molecular flexibility index (Phi) is 5.18. The fourth-order valence-electron chi connectivity index (χ4n) is 2.68. The third-order valence-corrected chi connectivity index (χ3v) is 4.01. The first-order valence-corrected chi connectivity index (χ1v) is 7.90. The van der Waals surface area contributed by atoms with Crippen molar-refractivity contribution < 1.29 is 23.4 Å². The zero-order valence-electron chi connectivity index (χ0n) is 14.3. The number of nitrogens with one attached hydrogen (secondary N) is 1. The number of hydrogen-bond acceptors (Lipinski definition) is 5. The number of hydrogen-bond donors (Lipinski definition) is 2. The minimum Gasteiger partial charge on any atom is -0.497 e. The number of anilines is 1. The van der Waals surface area contributed by atoms with Gasteiger partial charge in [0.05, 0.1) is 20.3 Å². The lowest BCUT2D eigenvalue weighted by atomic mass is 10.1. The van der Waals surface area contributed by atoms with Crippen LogP contribution in [0.5, 0.6) is 11.5 Å². The molecule has 0 spiro atoms. The number of aromatic nitrogens is 1. The Morgan fingerprint density at radius 1 is 1.08 bits per heavy atom. The maximum Gasteiger partial charge on any atom is 0.152 e. The second kappa shape index (κ2) is 7.53. The van der Waals surface area contributed by atoms with Crippen molar-refractivity contribution in [3.63, 3.8) is 0 Å². The molecule has 7 heteroatoms. The van der Waals surface area contributed by atoms with Crippen molar-refractivity contribution in [3.05, 3.63) is 59.8 Å². The smallest absolute Gasteiger partial charge is 0.152 e. The molecule has 2 aromatic carbocycles. The zero-order valence-corrected chi connectivity index (χ0v) is 14.3. The van der Waals surface area contributed by atoms with Crippen LogP contribution in [0.1, 0.15) is 11.7 Å². The van der Waals surface area contributed by atoms with E-state index < -0.39 is 17.7 Å². The molecule has 0 fully saturated rings. The van der Waals surface area contributed by atoms with Crippen molar-refractivity contribution in [2.45, 2.75) is 6.10 Å². The van der Waals surface area contributed by atoms with E-state index in [0.29, 0.717) is 28.1 Å². The van der Waals surface area contributed by atoms with Gasteiger partial charge in [-0.3, -0.25) is 4.98 Å². The van der Waals surface area contributed by atoms with E-state index in [9.17, 15) is 13.9 Å². The third-order valence-electron chi connectivity index (χ3n) is 4.01. The van der Waals surface area contributed by atoms with Gasteiger partial charge in [0.2, 0.25) is 0 Å². The van der Waals surface area contributed by atoms with Crippen molar-refractivity contribution in [1.82, 2.24) is 4.98 Å². The number of rotatable bonds is 6. The Balaban J connectivity index is 1.84. The minimum atomic E-state index is -0.888. The van der Waals surface area contributed by atoms with Crippen LogP contribution in [0, 0.1) is 11.6 Å². The highest BCUT2D eigenvalue weighted by molar-refractivity contribution is 5.91. The maximum atomic E-state index is 13.9. The van der Waals surface area contributed by atoms with E-state index in [1.165, 1.54) is 26.5 Å². The summed E-state index contributed by atoms with van der Waals surface area (Å²) < 4.78 is 37.8. The SMILES string of the molecule is COc1cc(OC)cc(C(O)CNc2ccnc3c(F)cc(F)cc23)c1. The molecule has 3 rings (SSSR count). The molecule has 26 heavy (non-hydrogen) atoms. The van der Waals surface area contributed by atoms with Crippen LogP contribution in [-0.2, 0) is 0 Å². The van der Waals surface area contributed by atoms with Gasteiger partial charge in [0, 0.05) is 35.9 Å². The number of methoxy groups -OCH3 is 2. The first-order chi connectivity index (χ1) is 12.5. The van der Waals surface area contributed by atoms with Crippen molar-refractivity contribution >= 4 is 16.6 Å². The van der Waals surface area contributed by atoms with Crippen LogP contribution in [0.3, 0.4) is 0 Å². The Morgan fingerprint density at radius 3 is 2.42 bits per heavy atom. The molecular formula is C19H18F2N2O3. The molecule has 136 valence electrons. The number of nitrogens with zero attached hydrogens (tertiary/aromatic N) is 1. The molecule has 0 radical (unpaired) electrons. The van der Waals surface area contributed by atoms with Gasteiger partial charge >= 0.3 is 0 Å². The van der Waals surface area contributed by atoms with Crippen molar-refractivity contribution in [2.75, 3.05) is 26.1 Å². The summed E-state index contributed by atoms with van der Waals surface area (Å²) >= 11 is 0. The van der Waals surface area contributed by atoms with Crippen molar-refractivity contribution in [2.24, 2.45) is 0 Å². The predicted octanol–water partition coefficient (Wildman–Crippen LogP) is 3.68. The van der Waals surface area contributed by atoms with Crippen LogP contribution in [0.25, 0.3) is 10.9 Å². The van der Waals surface area contributed by atoms with E-state index >= 15 is 0 Å². The quantitative estimate of drug-likeness (QED) is 0.702. The van der Waals surface area contributed by atoms with Gasteiger partial charge in [0.25, 0.3) is 0 Å². The summed E-state index contributed by atoms with van der Waals surface area (Å²) in [5.41, 5.74) is 1.13. The molecule has 1 atom stereocenters. The van der Waals surface area contributed by atoms with Gasteiger partial charge in [0.1, 0.15) is 22.8 Å². The van der Waals surface area contributed by atoms with E-state index in [1.54, 1.807) is 24.3 Å². The molecule has 0 saturated heterocycles. The maximum absolute atomic E-state index is 13.9. The third kappa shape index (κ3) is 3.67. The number of pyridine rings is 1. The highest BCUT2D eigenvalue weighted by Crippen LogP contribution is 2.28. The second-order valence-electron chi connectivity index (χ2n) is 5.68. The first kappa shape index (κ1) is 17.9. The molecule has 0 amide bonds. The minimum absolute atomic E-state index is 0.0638. The van der Waals surface area contributed by atoms with E-state index in [4.69, 9.17) is 9.47 Å². The standard InChI is InChI=1S/C19H18F2N2O3/c1-25-13-5-11(6-14(9-13)26-2)18(24)10-23-17-3-4-22-19-15(17)7-12(20)8-16(19)21/h3-9,18,24H,10H2,1-2H3,(H,22,23). The normalized spacial score (nSPS) is 12.0. The van der Waals surface area contributed by atoms with Gasteiger partial charge in [-0.2, -0.15) is 0 Å². The summed E-state index contributed by atoms with van der Waals surface area (Å²) in [4.78, 5) is 3.94. The Hall–Kier alpha value is -2.93. The summed E-state index contributed by atoms with van der Waals surface area (Å²) in [5.74, 6) is -0.320. The average molecular weight is 360 g/mol. The van der Waals surface area contributed by atoms with E-state index in [2.05, 4.69) is 10.3 Å². The first-order valence-electron chi connectivity index (χ1n) is 7.90. The molecule has 1 heterocycles. The summed E-state index contributed by atoms with van der Waals surface area (Å²) in [6, 6.07) is 8.68.